The van der Waals surface area contributed by atoms with Crippen LogP contribution in [0.4, 0.5) is 0 Å². The molecule has 2 aromatic carbocycles. The van der Waals surface area contributed by atoms with Gasteiger partial charge in [-0.2, -0.15) is 0 Å². The number of benzene rings is 2. The molecule has 2 rings (SSSR count). The van der Waals surface area contributed by atoms with Crippen LogP contribution in [-0.2, 0) is 14.3 Å². The molecule has 33 heavy (non-hydrogen) atoms. The van der Waals surface area contributed by atoms with Crippen molar-refractivity contribution in [2.75, 3.05) is 13.1 Å². The van der Waals surface area contributed by atoms with E-state index < -0.39 is 12.2 Å². The highest BCUT2D eigenvalue weighted by molar-refractivity contribution is 5.87. The molecule has 0 spiro atoms. The average Bonchev–Trinajstić information content (AvgIpc) is 2.79. The molecule has 4 N–H and O–H groups in total. The summed E-state index contributed by atoms with van der Waals surface area (Å²) in [6, 6.07) is 7.22. The summed E-state index contributed by atoms with van der Waals surface area (Å²) in [5.74, 6) is -0.285. The van der Waals surface area contributed by atoms with Crippen molar-refractivity contribution in [3.05, 3.63) is 83.0 Å². The first kappa shape index (κ1) is 25.7. The molecule has 0 aliphatic rings. The lowest BCUT2D eigenvalue weighted by molar-refractivity contribution is -0.117. The Labute approximate surface area is 194 Å². The fourth-order valence-electron chi connectivity index (χ4n) is 3.57. The molecule has 176 valence electrons. The van der Waals surface area contributed by atoms with E-state index in [1.807, 2.05) is 0 Å². The first-order chi connectivity index (χ1) is 15.6. The van der Waals surface area contributed by atoms with E-state index in [0.717, 1.165) is 11.1 Å². The molecular formula is C26H32N2O5. The van der Waals surface area contributed by atoms with Crippen molar-refractivity contribution >= 4 is 11.8 Å². The molecule has 0 fully saturated rings. The molecule has 0 heterocycles. The van der Waals surface area contributed by atoms with Gasteiger partial charge in [0.15, 0.2) is 0 Å². The van der Waals surface area contributed by atoms with Crippen LogP contribution >= 0.6 is 0 Å². The fraction of sp³-hybridized carbons (Fsp3) is 0.308. The molecule has 7 nitrogen and oxygen atoms in total. The number of ether oxygens (including phenoxy) is 1. The number of aryl methyl sites for hydroxylation is 4. The van der Waals surface area contributed by atoms with Crippen LogP contribution in [0.1, 0.15) is 45.6 Å². The number of carbonyl (C=O) groups excluding carboxylic acids is 2. The minimum absolute atomic E-state index is 0.149. The predicted molar refractivity (Wildman–Crippen MR) is 128 cm³/mol. The highest BCUT2D eigenvalue weighted by atomic mass is 16.5. The number of nitrogens with one attached hydrogen (secondary N) is 2. The van der Waals surface area contributed by atoms with Crippen molar-refractivity contribution in [2.24, 2.45) is 0 Å². The molecule has 0 radical (unpaired) electrons. The van der Waals surface area contributed by atoms with Gasteiger partial charge in [0.2, 0.25) is 11.8 Å². The van der Waals surface area contributed by atoms with E-state index in [9.17, 15) is 19.8 Å². The van der Waals surface area contributed by atoms with Crippen molar-refractivity contribution in [2.45, 2.75) is 39.9 Å². The Morgan fingerprint density at radius 3 is 1.36 bits per heavy atom. The summed E-state index contributed by atoms with van der Waals surface area (Å²) >= 11 is 0. The minimum atomic E-state index is -0.591. The highest BCUT2D eigenvalue weighted by Gasteiger charge is 2.23. The molecule has 0 aromatic heterocycles. The lowest BCUT2D eigenvalue weighted by atomic mass is 9.99. The number of hydrogen-bond acceptors (Lipinski definition) is 5. The lowest BCUT2D eigenvalue weighted by Gasteiger charge is -2.27. The third kappa shape index (κ3) is 6.70. The third-order valence-corrected chi connectivity index (χ3v) is 5.39. The second kappa shape index (κ2) is 11.3. The summed E-state index contributed by atoms with van der Waals surface area (Å²) < 4.78 is 6.45. The number of phenolic OH excluding ortho intramolecular Hbond substituents is 2. The third-order valence-electron chi connectivity index (χ3n) is 5.39. The van der Waals surface area contributed by atoms with Gasteiger partial charge in [-0.25, -0.2) is 0 Å². The zero-order valence-corrected chi connectivity index (χ0v) is 19.6. The lowest BCUT2D eigenvalue weighted by Crippen LogP contribution is -2.32. The molecule has 2 aromatic rings. The van der Waals surface area contributed by atoms with Gasteiger partial charge in [-0.15, -0.1) is 0 Å². The number of hydrogen-bond donors (Lipinski definition) is 4. The predicted octanol–water partition coefficient (Wildman–Crippen LogP) is 3.73. The molecule has 0 bridgehead atoms. The van der Waals surface area contributed by atoms with Gasteiger partial charge in [0, 0.05) is 13.1 Å². The highest BCUT2D eigenvalue weighted by Crippen LogP contribution is 2.33. The SMILES string of the molecule is C=CC(=O)NCC(OC(CNC(=O)C=C)c1cc(C)c(O)c(C)c1)c1cc(C)c(O)c(C)c1. The Kier molecular flexibility index (Phi) is 8.82. The van der Waals surface area contributed by atoms with E-state index in [-0.39, 0.29) is 36.4 Å². The number of amides is 2. The standard InChI is InChI=1S/C26H32N2O5/c1-7-23(29)27-13-21(19-9-15(3)25(31)16(4)10-19)33-22(14-28-24(30)8-2)20-11-17(5)26(32)18(6)12-20/h7-12,21-22,31-32H,1-2,13-14H2,3-6H3,(H,27,29)(H,28,30). The molecule has 2 unspecified atom stereocenters. The number of phenols is 2. The Morgan fingerprint density at radius 2 is 1.09 bits per heavy atom. The Hall–Kier alpha value is -3.58. The number of rotatable bonds is 10. The van der Waals surface area contributed by atoms with E-state index in [0.29, 0.717) is 22.3 Å². The van der Waals surface area contributed by atoms with E-state index in [1.165, 1.54) is 12.2 Å². The zero-order chi connectivity index (χ0) is 24.7. The first-order valence-corrected chi connectivity index (χ1v) is 10.6. The van der Waals surface area contributed by atoms with Crippen LogP contribution < -0.4 is 10.6 Å². The van der Waals surface area contributed by atoms with Crippen LogP contribution in [0, 0.1) is 27.7 Å². The number of carbonyl (C=O) groups is 2. The second-order valence-corrected chi connectivity index (χ2v) is 8.02. The molecule has 0 saturated heterocycles. The van der Waals surface area contributed by atoms with Gasteiger partial charge in [0.25, 0.3) is 0 Å². The monoisotopic (exact) mass is 452 g/mol. The van der Waals surface area contributed by atoms with Gasteiger partial charge in [0.1, 0.15) is 23.7 Å². The quantitative estimate of drug-likeness (QED) is 0.411. The summed E-state index contributed by atoms with van der Waals surface area (Å²) in [5, 5.41) is 25.9. The van der Waals surface area contributed by atoms with Crippen LogP contribution in [0.5, 0.6) is 11.5 Å². The van der Waals surface area contributed by atoms with Crippen LogP contribution in [0.25, 0.3) is 0 Å². The normalized spacial score (nSPS) is 12.5. The van der Waals surface area contributed by atoms with Gasteiger partial charge in [-0.05, 0) is 97.5 Å². The van der Waals surface area contributed by atoms with Gasteiger partial charge in [-0.1, -0.05) is 13.2 Å². The summed E-state index contributed by atoms with van der Waals surface area (Å²) in [4.78, 5) is 23.7. The topological polar surface area (TPSA) is 108 Å². The van der Waals surface area contributed by atoms with Gasteiger partial charge >= 0.3 is 0 Å². The Morgan fingerprint density at radius 1 is 0.788 bits per heavy atom. The Bertz CT molecular complexity index is 931. The zero-order valence-electron chi connectivity index (χ0n) is 19.6. The summed E-state index contributed by atoms with van der Waals surface area (Å²) in [5.41, 5.74) is 4.25. The van der Waals surface area contributed by atoms with Crippen molar-refractivity contribution in [1.29, 1.82) is 0 Å². The number of aromatic hydroxyl groups is 2. The van der Waals surface area contributed by atoms with Crippen molar-refractivity contribution in [1.82, 2.24) is 10.6 Å². The van der Waals surface area contributed by atoms with Gasteiger partial charge in [-0.3, -0.25) is 9.59 Å². The van der Waals surface area contributed by atoms with Crippen LogP contribution in [0.15, 0.2) is 49.6 Å². The van der Waals surface area contributed by atoms with Crippen molar-refractivity contribution in [3.8, 4) is 11.5 Å². The largest absolute Gasteiger partial charge is 0.507 e. The van der Waals surface area contributed by atoms with E-state index in [4.69, 9.17) is 4.74 Å². The van der Waals surface area contributed by atoms with E-state index in [1.54, 1.807) is 52.0 Å². The van der Waals surface area contributed by atoms with Crippen LogP contribution in [0.2, 0.25) is 0 Å². The van der Waals surface area contributed by atoms with Gasteiger partial charge < -0.3 is 25.6 Å². The average molecular weight is 453 g/mol. The van der Waals surface area contributed by atoms with Crippen molar-refractivity contribution in [3.63, 3.8) is 0 Å². The molecule has 2 atom stereocenters. The molecule has 0 aliphatic carbocycles. The maximum absolute atomic E-state index is 11.9. The fourth-order valence-corrected chi connectivity index (χ4v) is 3.57. The van der Waals surface area contributed by atoms with Crippen LogP contribution in [0.3, 0.4) is 0 Å². The van der Waals surface area contributed by atoms with E-state index in [2.05, 4.69) is 23.8 Å². The molecule has 0 saturated carbocycles. The summed E-state index contributed by atoms with van der Waals surface area (Å²) in [7, 11) is 0. The first-order valence-electron chi connectivity index (χ1n) is 10.6. The summed E-state index contributed by atoms with van der Waals surface area (Å²) in [6.45, 7) is 14.4. The molecular weight excluding hydrogens is 420 g/mol. The molecule has 2 amide bonds. The maximum Gasteiger partial charge on any atom is 0.243 e. The maximum atomic E-state index is 11.9. The van der Waals surface area contributed by atoms with Crippen molar-refractivity contribution < 1.29 is 24.5 Å². The van der Waals surface area contributed by atoms with E-state index >= 15 is 0 Å². The molecule has 0 aliphatic heterocycles. The Balaban J connectivity index is 2.48. The second-order valence-electron chi connectivity index (χ2n) is 8.02. The summed E-state index contributed by atoms with van der Waals surface area (Å²) in [6.07, 6.45) is 1.18. The minimum Gasteiger partial charge on any atom is -0.507 e. The van der Waals surface area contributed by atoms with Gasteiger partial charge in [0.05, 0.1) is 0 Å². The smallest absolute Gasteiger partial charge is 0.243 e. The molecule has 7 heteroatoms. The van der Waals surface area contributed by atoms with Crippen LogP contribution in [-0.4, -0.2) is 35.1 Å².